The normalized spacial score (nSPS) is 11.4. The van der Waals surface area contributed by atoms with E-state index in [0.717, 1.165) is 9.13 Å². The van der Waals surface area contributed by atoms with Crippen LogP contribution in [0.3, 0.4) is 0 Å². The van der Waals surface area contributed by atoms with Crippen molar-refractivity contribution in [2.75, 3.05) is 0 Å². The Morgan fingerprint density at radius 2 is 1.56 bits per heavy atom. The fraction of sp³-hybridized carbons (Fsp3) is 0.0769. The van der Waals surface area contributed by atoms with Crippen molar-refractivity contribution in [1.82, 2.24) is 4.72 Å². The third-order valence-corrected chi connectivity index (χ3v) is 4.57. The number of sulfonamides is 1. The minimum Gasteiger partial charge on any atom is -0.207 e. The third kappa shape index (κ3) is 3.54. The first-order valence-corrected chi connectivity index (χ1v) is 7.93. The van der Waals surface area contributed by atoms with Crippen molar-refractivity contribution in [3.05, 3.63) is 63.7 Å². The molecule has 0 saturated heterocycles. The zero-order valence-electron chi connectivity index (χ0n) is 9.51. The molecule has 0 aromatic heterocycles. The highest BCUT2D eigenvalue weighted by molar-refractivity contribution is 14.1. The van der Waals surface area contributed by atoms with Gasteiger partial charge in [-0.1, -0.05) is 30.3 Å². The van der Waals surface area contributed by atoms with Gasteiger partial charge in [0.05, 0.1) is 4.90 Å². The summed E-state index contributed by atoms with van der Waals surface area (Å²) in [6.07, 6.45) is 0. The van der Waals surface area contributed by atoms with Gasteiger partial charge >= 0.3 is 0 Å². The monoisotopic (exact) mass is 373 g/mol. The lowest BCUT2D eigenvalue weighted by Crippen LogP contribution is -2.23. The fourth-order valence-corrected chi connectivity index (χ4v) is 2.85. The maximum Gasteiger partial charge on any atom is 0.240 e. The lowest BCUT2D eigenvalue weighted by molar-refractivity contribution is 0.581. The number of hydrogen-bond acceptors (Lipinski definition) is 2. The smallest absolute Gasteiger partial charge is 0.207 e. The molecule has 0 aliphatic carbocycles. The van der Waals surface area contributed by atoms with E-state index < -0.39 is 10.0 Å². The van der Waals surface area contributed by atoms with Crippen molar-refractivity contribution in [3.63, 3.8) is 0 Å². The number of nitrogens with one attached hydrogen (secondary N) is 1. The molecule has 5 heteroatoms. The van der Waals surface area contributed by atoms with Gasteiger partial charge in [-0.2, -0.15) is 0 Å². The van der Waals surface area contributed by atoms with Gasteiger partial charge in [-0.15, -0.1) is 0 Å². The molecule has 1 N–H and O–H groups in total. The van der Waals surface area contributed by atoms with Gasteiger partial charge in [0.25, 0.3) is 0 Å². The van der Waals surface area contributed by atoms with Crippen LogP contribution in [-0.2, 0) is 16.6 Å². The molecule has 18 heavy (non-hydrogen) atoms. The SMILES string of the molecule is O=S(=O)(NCc1ccccc1)c1ccc(I)cc1. The Labute approximate surface area is 120 Å². The van der Waals surface area contributed by atoms with Crippen molar-refractivity contribution >= 4 is 32.6 Å². The van der Waals surface area contributed by atoms with Gasteiger partial charge in [0.15, 0.2) is 0 Å². The van der Waals surface area contributed by atoms with Gasteiger partial charge in [-0.3, -0.25) is 0 Å². The fourth-order valence-electron chi connectivity index (χ4n) is 1.47. The second-order valence-electron chi connectivity index (χ2n) is 3.76. The van der Waals surface area contributed by atoms with Crippen LogP contribution in [-0.4, -0.2) is 8.42 Å². The largest absolute Gasteiger partial charge is 0.240 e. The quantitative estimate of drug-likeness (QED) is 0.838. The summed E-state index contributed by atoms with van der Waals surface area (Å²) in [5, 5.41) is 0. The molecule has 0 unspecified atom stereocenters. The van der Waals surface area contributed by atoms with E-state index in [0.29, 0.717) is 11.4 Å². The van der Waals surface area contributed by atoms with E-state index in [1.165, 1.54) is 0 Å². The molecule has 0 amide bonds. The van der Waals surface area contributed by atoms with E-state index in [2.05, 4.69) is 27.3 Å². The Hall–Kier alpha value is -0.920. The minimum absolute atomic E-state index is 0.291. The van der Waals surface area contributed by atoms with Crippen LogP contribution in [0.2, 0.25) is 0 Å². The zero-order chi connectivity index (χ0) is 13.0. The van der Waals surface area contributed by atoms with E-state index in [-0.39, 0.29) is 0 Å². The maximum atomic E-state index is 12.0. The first kappa shape index (κ1) is 13.5. The molecule has 2 aromatic rings. The van der Waals surface area contributed by atoms with Gasteiger partial charge in [-0.05, 0) is 52.4 Å². The molecule has 0 radical (unpaired) electrons. The summed E-state index contributed by atoms with van der Waals surface area (Å²) in [6, 6.07) is 16.2. The molecule has 0 heterocycles. The standard InChI is InChI=1S/C13H12INO2S/c14-12-6-8-13(9-7-12)18(16,17)15-10-11-4-2-1-3-5-11/h1-9,15H,10H2. The Kier molecular flexibility index (Phi) is 4.36. The topological polar surface area (TPSA) is 46.2 Å². The van der Waals surface area contributed by atoms with Gasteiger partial charge in [-0.25, -0.2) is 13.1 Å². The predicted molar refractivity (Wildman–Crippen MR) is 79.6 cm³/mol. The highest BCUT2D eigenvalue weighted by atomic mass is 127. The lowest BCUT2D eigenvalue weighted by Gasteiger charge is -2.06. The minimum atomic E-state index is -3.43. The third-order valence-electron chi connectivity index (χ3n) is 2.43. The van der Waals surface area contributed by atoms with Crippen LogP contribution >= 0.6 is 22.6 Å². The summed E-state index contributed by atoms with van der Waals surface area (Å²) >= 11 is 2.14. The number of benzene rings is 2. The molecule has 0 aliphatic heterocycles. The van der Waals surface area contributed by atoms with Crippen molar-refractivity contribution in [1.29, 1.82) is 0 Å². The molecule has 0 atom stereocenters. The van der Waals surface area contributed by atoms with E-state index >= 15 is 0 Å². The first-order valence-electron chi connectivity index (χ1n) is 5.37. The molecule has 0 spiro atoms. The maximum absolute atomic E-state index is 12.0. The molecule has 2 rings (SSSR count). The molecular formula is C13H12INO2S. The summed E-state index contributed by atoms with van der Waals surface area (Å²) in [6.45, 7) is 0.301. The molecule has 3 nitrogen and oxygen atoms in total. The van der Waals surface area contributed by atoms with Crippen molar-refractivity contribution in [2.24, 2.45) is 0 Å². The van der Waals surface area contributed by atoms with Gasteiger partial charge in [0, 0.05) is 10.1 Å². The second kappa shape index (κ2) is 5.81. The van der Waals surface area contributed by atoms with Gasteiger partial charge < -0.3 is 0 Å². The number of halogens is 1. The van der Waals surface area contributed by atoms with Crippen LogP contribution in [0, 0.1) is 3.57 Å². The van der Waals surface area contributed by atoms with Crippen LogP contribution in [0.1, 0.15) is 5.56 Å². The van der Waals surface area contributed by atoms with E-state index in [4.69, 9.17) is 0 Å². The van der Waals surface area contributed by atoms with Crippen molar-refractivity contribution < 1.29 is 8.42 Å². The Bertz CT molecular complexity index is 609. The zero-order valence-corrected chi connectivity index (χ0v) is 12.5. The molecule has 2 aromatic carbocycles. The van der Waals surface area contributed by atoms with E-state index in [1.807, 2.05) is 30.3 Å². The van der Waals surface area contributed by atoms with Crippen molar-refractivity contribution in [3.8, 4) is 0 Å². The summed E-state index contributed by atoms with van der Waals surface area (Å²) in [7, 11) is -3.43. The molecule has 0 fully saturated rings. The summed E-state index contributed by atoms with van der Waals surface area (Å²) in [5.41, 5.74) is 0.937. The predicted octanol–water partition coefficient (Wildman–Crippen LogP) is 2.77. The average molecular weight is 373 g/mol. The molecule has 0 saturated carbocycles. The molecular weight excluding hydrogens is 361 g/mol. The summed E-state index contributed by atoms with van der Waals surface area (Å²) in [4.78, 5) is 0.291. The highest BCUT2D eigenvalue weighted by Crippen LogP contribution is 2.12. The van der Waals surface area contributed by atoms with E-state index in [9.17, 15) is 8.42 Å². The van der Waals surface area contributed by atoms with Gasteiger partial charge in [0.1, 0.15) is 0 Å². The van der Waals surface area contributed by atoms with Crippen LogP contribution in [0.5, 0.6) is 0 Å². The van der Waals surface area contributed by atoms with Crippen LogP contribution in [0.4, 0.5) is 0 Å². The summed E-state index contributed by atoms with van der Waals surface area (Å²) in [5.74, 6) is 0. The molecule has 0 aliphatic rings. The van der Waals surface area contributed by atoms with Crippen LogP contribution in [0.15, 0.2) is 59.5 Å². The summed E-state index contributed by atoms with van der Waals surface area (Å²) < 4.78 is 27.6. The van der Waals surface area contributed by atoms with Crippen LogP contribution in [0.25, 0.3) is 0 Å². The highest BCUT2D eigenvalue weighted by Gasteiger charge is 2.12. The Morgan fingerprint density at radius 1 is 0.944 bits per heavy atom. The first-order chi connectivity index (χ1) is 8.58. The average Bonchev–Trinajstić information content (AvgIpc) is 2.38. The Morgan fingerprint density at radius 3 is 2.17 bits per heavy atom. The number of rotatable bonds is 4. The lowest BCUT2D eigenvalue weighted by atomic mass is 10.2. The van der Waals surface area contributed by atoms with Crippen molar-refractivity contribution in [2.45, 2.75) is 11.4 Å². The van der Waals surface area contributed by atoms with E-state index in [1.54, 1.807) is 24.3 Å². The second-order valence-corrected chi connectivity index (χ2v) is 6.78. The van der Waals surface area contributed by atoms with Gasteiger partial charge in [0.2, 0.25) is 10.0 Å². The molecule has 94 valence electrons. The molecule has 0 bridgehead atoms. The van der Waals surface area contributed by atoms with Crippen LogP contribution < -0.4 is 4.72 Å². The number of hydrogen-bond donors (Lipinski definition) is 1. The Balaban J connectivity index is 2.11.